The third-order valence-corrected chi connectivity index (χ3v) is 6.02. The van der Waals surface area contributed by atoms with Crippen LogP contribution in [-0.4, -0.2) is 42.0 Å². The van der Waals surface area contributed by atoms with Crippen LogP contribution < -0.4 is 16.4 Å². The molecule has 0 fully saturated rings. The van der Waals surface area contributed by atoms with Gasteiger partial charge in [-0.15, -0.1) is 0 Å². The molecule has 0 aromatic heterocycles. The monoisotopic (exact) mass is 636 g/mol. The van der Waals surface area contributed by atoms with E-state index in [1.165, 1.54) is 6.92 Å². The molecule has 2 aromatic rings. The summed E-state index contributed by atoms with van der Waals surface area (Å²) in [5, 5.41) is 5.52. The van der Waals surface area contributed by atoms with E-state index in [1.54, 1.807) is 49.4 Å². The summed E-state index contributed by atoms with van der Waals surface area (Å²) in [5.41, 5.74) is 7.85. The van der Waals surface area contributed by atoms with Crippen LogP contribution in [0.4, 0.5) is 32.0 Å². The maximum atomic E-state index is 12.9. The Hall–Kier alpha value is -3.61. The minimum Gasteiger partial charge on any atom is -0.370 e. The van der Waals surface area contributed by atoms with E-state index < -0.39 is 67.8 Å². The average molecular weight is 637 g/mol. The topological polar surface area (TPSA) is 114 Å². The number of benzodiazepines with no additional fused rings is 1. The van der Waals surface area contributed by atoms with Gasteiger partial charge in [0.15, 0.2) is 0 Å². The van der Waals surface area contributed by atoms with Gasteiger partial charge in [0.1, 0.15) is 0 Å². The Labute approximate surface area is 251 Å². The fraction of sp³-hybridized carbons (Fsp3) is 0.448. The van der Waals surface area contributed by atoms with Crippen LogP contribution in [0.2, 0.25) is 5.02 Å². The van der Waals surface area contributed by atoms with Gasteiger partial charge < -0.3 is 16.4 Å². The number of benzene rings is 2. The molecule has 1 heterocycles. The quantitative estimate of drug-likeness (QED) is 0.269. The number of amides is 3. The van der Waals surface area contributed by atoms with E-state index in [9.17, 15) is 40.7 Å². The number of alkyl halides is 6. The molecule has 7 nitrogen and oxygen atoms in total. The maximum absolute atomic E-state index is 12.9. The van der Waals surface area contributed by atoms with Crippen LogP contribution in [0.3, 0.4) is 0 Å². The predicted octanol–water partition coefficient (Wildman–Crippen LogP) is 7.09. The molecule has 0 aliphatic carbocycles. The average Bonchev–Trinajstić information content (AvgIpc) is 3.04. The standard InChI is InChI=1S/C23H22ClF3N4O3.C4H7F3.C2H6/c1-12-4-2-7-16-18(12)30-22(34)20(29-19(16)13-5-3-6-15(24)10-13)31-21(33)14(11-17(28)32)8-9-23(25,26)27;1-2-3-4(5,6)7;1-2/h2-7,10,14,20H,8-9,11H2,1H3,(H2,28,32)(H,30,34)(H,31,33);2-3H2,1H3;1-2H3. The van der Waals surface area contributed by atoms with Crippen LogP contribution in [0.25, 0.3) is 0 Å². The van der Waals surface area contributed by atoms with Crippen LogP contribution in [0.5, 0.6) is 0 Å². The van der Waals surface area contributed by atoms with Crippen molar-refractivity contribution in [2.24, 2.45) is 16.6 Å². The van der Waals surface area contributed by atoms with Gasteiger partial charge in [-0.25, -0.2) is 4.99 Å². The van der Waals surface area contributed by atoms with Crippen molar-refractivity contribution in [1.82, 2.24) is 5.32 Å². The molecule has 3 amide bonds. The number of para-hydroxylation sites is 1. The zero-order valence-corrected chi connectivity index (χ0v) is 24.9. The van der Waals surface area contributed by atoms with E-state index in [0.717, 1.165) is 5.56 Å². The van der Waals surface area contributed by atoms with Gasteiger partial charge in [0, 0.05) is 41.3 Å². The largest absolute Gasteiger partial charge is 0.389 e. The highest BCUT2D eigenvalue weighted by molar-refractivity contribution is 6.31. The molecule has 3 rings (SSSR count). The van der Waals surface area contributed by atoms with E-state index >= 15 is 0 Å². The number of aryl methyl sites for hydroxylation is 1. The fourth-order valence-corrected chi connectivity index (χ4v) is 4.08. The Morgan fingerprint density at radius 1 is 1.05 bits per heavy atom. The number of hydrogen-bond acceptors (Lipinski definition) is 4. The van der Waals surface area contributed by atoms with E-state index in [1.807, 2.05) is 13.8 Å². The third kappa shape index (κ3) is 13.1. The lowest BCUT2D eigenvalue weighted by Gasteiger charge is -2.19. The van der Waals surface area contributed by atoms with Gasteiger partial charge in [-0.05, 0) is 37.5 Å². The number of nitrogens with one attached hydrogen (secondary N) is 2. The van der Waals surface area contributed by atoms with Gasteiger partial charge in [0.2, 0.25) is 18.0 Å². The Morgan fingerprint density at radius 2 is 1.65 bits per heavy atom. The number of anilines is 1. The number of nitrogens with two attached hydrogens (primary N) is 1. The lowest BCUT2D eigenvalue weighted by Crippen LogP contribution is -2.45. The van der Waals surface area contributed by atoms with Crippen molar-refractivity contribution in [3.63, 3.8) is 0 Å². The molecule has 43 heavy (non-hydrogen) atoms. The SMILES string of the molecule is CC.CCCC(F)(F)F.Cc1cccc2c1NC(=O)C(NC(=O)C(CCC(F)(F)F)CC(N)=O)N=C2c1cccc(Cl)c1. The van der Waals surface area contributed by atoms with E-state index in [-0.39, 0.29) is 6.42 Å². The molecule has 1 aliphatic rings. The van der Waals surface area contributed by atoms with Gasteiger partial charge in [-0.3, -0.25) is 14.4 Å². The second-order valence-electron chi connectivity index (χ2n) is 9.27. The number of nitrogens with zero attached hydrogens (tertiary/aromatic N) is 1. The Morgan fingerprint density at radius 3 is 2.16 bits per heavy atom. The lowest BCUT2D eigenvalue weighted by atomic mass is 9.97. The van der Waals surface area contributed by atoms with E-state index in [2.05, 4.69) is 15.6 Å². The van der Waals surface area contributed by atoms with Crippen molar-refractivity contribution in [2.45, 2.75) is 78.3 Å². The Kier molecular flexibility index (Phi) is 14.7. The second-order valence-corrected chi connectivity index (χ2v) is 9.71. The predicted molar refractivity (Wildman–Crippen MR) is 154 cm³/mol. The fourth-order valence-electron chi connectivity index (χ4n) is 3.89. The Bertz CT molecular complexity index is 1280. The minimum atomic E-state index is -4.52. The number of hydrogen-bond donors (Lipinski definition) is 3. The van der Waals surface area contributed by atoms with Crippen molar-refractivity contribution in [3.05, 3.63) is 64.2 Å². The molecule has 4 N–H and O–H groups in total. The van der Waals surface area contributed by atoms with Crippen LogP contribution in [0.1, 0.15) is 69.6 Å². The summed E-state index contributed by atoms with van der Waals surface area (Å²) >= 11 is 6.13. The zero-order chi connectivity index (χ0) is 33.0. The number of carbonyl (C=O) groups is 3. The summed E-state index contributed by atoms with van der Waals surface area (Å²) in [6.07, 6.45) is -12.9. The summed E-state index contributed by atoms with van der Waals surface area (Å²) in [6.45, 7) is 7.29. The number of fused-ring (bicyclic) bond motifs is 1. The first-order valence-electron chi connectivity index (χ1n) is 13.5. The highest BCUT2D eigenvalue weighted by Crippen LogP contribution is 2.29. The summed E-state index contributed by atoms with van der Waals surface area (Å²) < 4.78 is 71.3. The molecule has 238 valence electrons. The molecular formula is C29H35ClF6N4O3. The zero-order valence-electron chi connectivity index (χ0n) is 24.1. The first kappa shape index (κ1) is 37.4. The van der Waals surface area contributed by atoms with E-state index in [4.69, 9.17) is 17.3 Å². The van der Waals surface area contributed by atoms with Crippen LogP contribution in [-0.2, 0) is 14.4 Å². The van der Waals surface area contributed by atoms with Gasteiger partial charge in [-0.2, -0.15) is 26.3 Å². The summed E-state index contributed by atoms with van der Waals surface area (Å²) in [7, 11) is 0. The minimum absolute atomic E-state index is 0.184. The van der Waals surface area contributed by atoms with Gasteiger partial charge in [0.05, 0.1) is 11.4 Å². The normalized spacial score (nSPS) is 15.2. The molecular weight excluding hydrogens is 602 g/mol. The van der Waals surface area contributed by atoms with Crippen molar-refractivity contribution < 1.29 is 40.7 Å². The number of halogens is 7. The van der Waals surface area contributed by atoms with Gasteiger partial charge >= 0.3 is 12.4 Å². The van der Waals surface area contributed by atoms with Crippen LogP contribution in [0.15, 0.2) is 47.5 Å². The molecule has 2 atom stereocenters. The van der Waals surface area contributed by atoms with Gasteiger partial charge in [-0.1, -0.05) is 62.7 Å². The van der Waals surface area contributed by atoms with E-state index in [0.29, 0.717) is 27.5 Å². The molecule has 0 bridgehead atoms. The first-order valence-corrected chi connectivity index (χ1v) is 13.8. The first-order chi connectivity index (χ1) is 20.0. The Balaban J connectivity index is 0.000000901. The van der Waals surface area contributed by atoms with Crippen LogP contribution >= 0.6 is 11.6 Å². The number of aliphatic imine (C=N–C) groups is 1. The molecule has 14 heteroatoms. The number of rotatable bonds is 8. The summed E-state index contributed by atoms with van der Waals surface area (Å²) in [5.74, 6) is -3.92. The maximum Gasteiger partial charge on any atom is 0.389 e. The molecule has 1 aliphatic heterocycles. The molecule has 2 aromatic carbocycles. The molecule has 0 radical (unpaired) electrons. The molecule has 0 saturated carbocycles. The van der Waals surface area contributed by atoms with Crippen LogP contribution in [0, 0.1) is 12.8 Å². The number of primary amides is 1. The highest BCUT2D eigenvalue weighted by atomic mass is 35.5. The smallest absolute Gasteiger partial charge is 0.370 e. The van der Waals surface area contributed by atoms with Crippen molar-refractivity contribution in [1.29, 1.82) is 0 Å². The highest BCUT2D eigenvalue weighted by Gasteiger charge is 2.34. The van der Waals surface area contributed by atoms with Crippen molar-refractivity contribution in [2.75, 3.05) is 5.32 Å². The van der Waals surface area contributed by atoms with Crippen molar-refractivity contribution in [3.8, 4) is 0 Å². The molecule has 0 saturated heterocycles. The third-order valence-electron chi connectivity index (χ3n) is 5.79. The van der Waals surface area contributed by atoms with Gasteiger partial charge in [0.25, 0.3) is 5.91 Å². The summed E-state index contributed by atoms with van der Waals surface area (Å²) in [6, 6.07) is 12.0. The number of carbonyl (C=O) groups excluding carboxylic acids is 3. The lowest BCUT2D eigenvalue weighted by molar-refractivity contribution is -0.143. The molecule has 0 spiro atoms. The molecule has 2 unspecified atom stereocenters. The second kappa shape index (κ2) is 16.9. The van der Waals surface area contributed by atoms with Crippen molar-refractivity contribution >= 4 is 40.7 Å². The summed E-state index contributed by atoms with van der Waals surface area (Å²) in [4.78, 5) is 41.5.